The zero-order valence-corrected chi connectivity index (χ0v) is 9.94. The Balaban J connectivity index is 2.27. The molecular weight excluding hydrogens is 237 g/mol. The Labute approximate surface area is 96.5 Å². The second-order valence-corrected chi connectivity index (χ2v) is 5.37. The lowest BCUT2D eigenvalue weighted by Crippen LogP contribution is -2.59. The Kier molecular flexibility index (Phi) is 2.58. The normalized spacial score (nSPS) is 31.5. The molecule has 1 amide bonds. The van der Waals surface area contributed by atoms with Crippen molar-refractivity contribution in [3.8, 4) is 0 Å². The molecule has 2 heterocycles. The zero-order valence-electron chi connectivity index (χ0n) is 8.23. The summed E-state index contributed by atoms with van der Waals surface area (Å²) in [5.74, 6) is -0.924. The fourth-order valence-corrected chi connectivity index (χ4v) is 3.74. The maximum Gasteiger partial charge on any atom is 0.237 e. The fourth-order valence-electron chi connectivity index (χ4n) is 1.93. The van der Waals surface area contributed by atoms with Gasteiger partial charge >= 0.3 is 0 Å². The summed E-state index contributed by atoms with van der Waals surface area (Å²) < 4.78 is 13.1. The molecule has 0 aromatic carbocycles. The van der Waals surface area contributed by atoms with Crippen molar-refractivity contribution < 1.29 is 14.0 Å². The molecule has 0 aromatic rings. The molecule has 3 atom stereocenters. The molecule has 2 aliphatic heterocycles. The predicted molar refractivity (Wildman–Crippen MR) is 59.0 cm³/mol. The highest BCUT2D eigenvalue weighted by molar-refractivity contribution is 8.04. The first-order valence-electron chi connectivity index (χ1n) is 4.53. The van der Waals surface area contributed by atoms with E-state index in [1.807, 2.05) is 0 Å². The monoisotopic (exact) mass is 247 g/mol. The lowest BCUT2D eigenvalue weighted by atomic mass is 9.93. The van der Waals surface area contributed by atoms with E-state index >= 15 is 0 Å². The quantitative estimate of drug-likeness (QED) is 0.594. The van der Waals surface area contributed by atoms with E-state index in [1.165, 1.54) is 23.6 Å². The van der Waals surface area contributed by atoms with Gasteiger partial charge in [0.25, 0.3) is 0 Å². The van der Waals surface area contributed by atoms with Gasteiger partial charge in [-0.3, -0.25) is 14.5 Å². The van der Waals surface area contributed by atoms with Crippen molar-refractivity contribution in [3.63, 3.8) is 0 Å². The van der Waals surface area contributed by atoms with Crippen LogP contribution in [0.4, 0.5) is 4.39 Å². The maximum absolute atomic E-state index is 13.1. The molecule has 0 spiro atoms. The lowest BCUT2D eigenvalue weighted by molar-refractivity contribution is -0.151. The second kappa shape index (κ2) is 3.52. The minimum Gasteiger partial charge on any atom is -0.293 e. The van der Waals surface area contributed by atoms with Crippen LogP contribution in [-0.4, -0.2) is 27.5 Å². The molecule has 82 valence electrons. The van der Waals surface area contributed by atoms with Gasteiger partial charge in [-0.2, -0.15) is 0 Å². The first-order chi connectivity index (χ1) is 6.95. The Morgan fingerprint density at radius 2 is 2.27 bits per heavy atom. The number of nitrogens with zero attached hydrogens (tertiary/aromatic N) is 1. The van der Waals surface area contributed by atoms with Crippen LogP contribution in [-0.2, 0) is 9.59 Å². The summed E-state index contributed by atoms with van der Waals surface area (Å²) >= 11 is 5.08. The van der Waals surface area contributed by atoms with Crippen LogP contribution in [0.2, 0.25) is 0 Å². The highest BCUT2D eigenvalue weighted by Crippen LogP contribution is 2.50. The molecule has 6 heteroatoms. The summed E-state index contributed by atoms with van der Waals surface area (Å²) in [6.45, 7) is 3.12. The van der Waals surface area contributed by atoms with Crippen LogP contribution in [0.3, 0.4) is 0 Å². The molecule has 2 aliphatic rings. The van der Waals surface area contributed by atoms with E-state index < -0.39 is 17.2 Å². The van der Waals surface area contributed by atoms with Gasteiger partial charge in [0.15, 0.2) is 0 Å². The third-order valence-electron chi connectivity index (χ3n) is 2.65. The van der Waals surface area contributed by atoms with Gasteiger partial charge in [-0.25, -0.2) is 4.39 Å². The lowest BCUT2D eigenvalue weighted by Gasteiger charge is -2.43. The van der Waals surface area contributed by atoms with E-state index in [4.69, 9.17) is 0 Å². The number of hydrogen-bond donors (Lipinski definition) is 1. The van der Waals surface area contributed by atoms with Crippen LogP contribution in [0.1, 0.15) is 13.8 Å². The number of thioether (sulfide) groups is 1. The average Bonchev–Trinajstić information content (AvgIpc) is 2.38. The summed E-state index contributed by atoms with van der Waals surface area (Å²) in [6, 6.07) is 0. The largest absolute Gasteiger partial charge is 0.293 e. The first kappa shape index (κ1) is 11.0. The standard InChI is InChI=1S/C9H10FNO2S2/c1-3(10)5-7(12)11-6(9(13)14)4(2)15-8(5)11/h3,5,8H,1-2H3,(H,13,14)/t3-,5-,8+/m0/s1. The van der Waals surface area contributed by atoms with Crippen molar-refractivity contribution in [3.05, 3.63) is 10.6 Å². The van der Waals surface area contributed by atoms with Gasteiger partial charge in [-0.05, 0) is 13.8 Å². The molecular formula is C9H10FNO2S2. The smallest absolute Gasteiger partial charge is 0.237 e. The number of fused-ring (bicyclic) bond motifs is 1. The van der Waals surface area contributed by atoms with Crippen LogP contribution in [0, 0.1) is 5.92 Å². The van der Waals surface area contributed by atoms with Gasteiger partial charge in [0.1, 0.15) is 17.2 Å². The molecule has 0 saturated carbocycles. The van der Waals surface area contributed by atoms with Gasteiger partial charge in [0.2, 0.25) is 11.0 Å². The third kappa shape index (κ3) is 1.42. The number of thiol groups is 1. The molecule has 0 unspecified atom stereocenters. The summed E-state index contributed by atoms with van der Waals surface area (Å²) in [5.41, 5.74) is 0.315. The number of halogens is 1. The Bertz CT molecular complexity index is 380. The number of carbonyl (C=O) groups excluding carboxylic acids is 2. The molecule has 1 fully saturated rings. The third-order valence-corrected chi connectivity index (χ3v) is 4.16. The highest BCUT2D eigenvalue weighted by Gasteiger charge is 2.56. The van der Waals surface area contributed by atoms with E-state index in [0.29, 0.717) is 5.70 Å². The van der Waals surface area contributed by atoms with Gasteiger partial charge in [-0.15, -0.1) is 11.8 Å². The van der Waals surface area contributed by atoms with Crippen LogP contribution in [0.5, 0.6) is 0 Å². The number of β-lactam (4-membered cyclic amide) rings is 1. The fraction of sp³-hybridized carbons (Fsp3) is 0.556. The van der Waals surface area contributed by atoms with Crippen LogP contribution in [0.25, 0.3) is 0 Å². The Morgan fingerprint density at radius 3 is 2.73 bits per heavy atom. The van der Waals surface area contributed by atoms with E-state index in [9.17, 15) is 14.0 Å². The van der Waals surface area contributed by atoms with Crippen molar-refractivity contribution in [1.82, 2.24) is 4.90 Å². The van der Waals surface area contributed by atoms with Gasteiger partial charge in [0.05, 0.1) is 5.92 Å². The Morgan fingerprint density at radius 1 is 1.67 bits per heavy atom. The molecule has 0 bridgehead atoms. The maximum atomic E-state index is 13.1. The molecule has 15 heavy (non-hydrogen) atoms. The summed E-state index contributed by atoms with van der Waals surface area (Å²) in [5, 5.41) is -0.676. The SMILES string of the molecule is CC1=C(C(=O)S)N2C(=O)[C@H]([C@H](C)F)[C@H]2S1. The summed E-state index contributed by atoms with van der Waals surface area (Å²) in [7, 11) is 0. The molecule has 3 nitrogen and oxygen atoms in total. The number of allylic oxidation sites excluding steroid dienone is 1. The highest BCUT2D eigenvalue weighted by atomic mass is 32.2. The number of hydrogen-bond acceptors (Lipinski definition) is 3. The van der Waals surface area contributed by atoms with E-state index in [0.717, 1.165) is 4.91 Å². The van der Waals surface area contributed by atoms with Crippen molar-refractivity contribution >= 4 is 35.4 Å². The van der Waals surface area contributed by atoms with E-state index in [-0.39, 0.29) is 11.3 Å². The van der Waals surface area contributed by atoms with Crippen molar-refractivity contribution in [2.24, 2.45) is 5.92 Å². The minimum absolute atomic E-state index is 0.247. The van der Waals surface area contributed by atoms with Crippen molar-refractivity contribution in [1.29, 1.82) is 0 Å². The van der Waals surface area contributed by atoms with Crippen LogP contribution >= 0.6 is 24.4 Å². The van der Waals surface area contributed by atoms with Gasteiger partial charge in [-0.1, -0.05) is 12.6 Å². The topological polar surface area (TPSA) is 37.4 Å². The first-order valence-corrected chi connectivity index (χ1v) is 5.85. The average molecular weight is 247 g/mol. The van der Waals surface area contributed by atoms with E-state index in [1.54, 1.807) is 6.92 Å². The molecule has 0 radical (unpaired) electrons. The van der Waals surface area contributed by atoms with Gasteiger partial charge < -0.3 is 0 Å². The molecule has 1 saturated heterocycles. The molecule has 2 rings (SSSR count). The predicted octanol–water partition coefficient (Wildman–Crippen LogP) is 1.56. The number of rotatable bonds is 2. The molecule has 0 N–H and O–H groups in total. The second-order valence-electron chi connectivity index (χ2n) is 3.63. The van der Waals surface area contributed by atoms with E-state index in [2.05, 4.69) is 12.6 Å². The van der Waals surface area contributed by atoms with Gasteiger partial charge in [0, 0.05) is 4.91 Å². The number of amides is 1. The Hall–Kier alpha value is -0.490. The van der Waals surface area contributed by atoms with Crippen molar-refractivity contribution in [2.75, 3.05) is 0 Å². The summed E-state index contributed by atoms with van der Waals surface area (Å²) in [4.78, 5) is 24.9. The number of carbonyl (C=O) groups is 2. The summed E-state index contributed by atoms with van der Waals surface area (Å²) in [6.07, 6.45) is -1.17. The number of alkyl halides is 1. The zero-order chi connectivity index (χ0) is 11.3. The molecule has 0 aromatic heterocycles. The van der Waals surface area contributed by atoms with Crippen molar-refractivity contribution in [2.45, 2.75) is 25.4 Å². The molecule has 0 aliphatic carbocycles. The minimum atomic E-state index is -1.17. The van der Waals surface area contributed by atoms with Crippen LogP contribution in [0.15, 0.2) is 10.6 Å². The van der Waals surface area contributed by atoms with Crippen LogP contribution < -0.4 is 0 Å².